The third-order valence-electron chi connectivity index (χ3n) is 3.39. The van der Waals surface area contributed by atoms with E-state index in [4.69, 9.17) is 0 Å². The molecular formula is C18H14FN3O2S. The number of anilines is 1. The van der Waals surface area contributed by atoms with Gasteiger partial charge in [-0.1, -0.05) is 36.0 Å². The molecule has 25 heavy (non-hydrogen) atoms. The Bertz CT molecular complexity index is 904. The van der Waals surface area contributed by atoms with Crippen LogP contribution in [0.15, 0.2) is 65.5 Å². The van der Waals surface area contributed by atoms with Gasteiger partial charge >= 0.3 is 0 Å². The van der Waals surface area contributed by atoms with Crippen LogP contribution in [0.4, 0.5) is 14.9 Å². The molecule has 3 rings (SSSR count). The molecule has 0 aliphatic carbocycles. The lowest BCUT2D eigenvalue weighted by atomic mass is 10.1. The van der Waals surface area contributed by atoms with Gasteiger partial charge in [-0.2, -0.15) is 5.10 Å². The zero-order chi connectivity index (χ0) is 17.6. The lowest BCUT2D eigenvalue weighted by Crippen LogP contribution is -2.06. The van der Waals surface area contributed by atoms with E-state index in [0.29, 0.717) is 17.1 Å². The number of aromatic amines is 1. The van der Waals surface area contributed by atoms with Gasteiger partial charge in [-0.15, -0.1) is 0 Å². The maximum absolute atomic E-state index is 12.8. The summed E-state index contributed by atoms with van der Waals surface area (Å²) in [5.74, 6) is 0.168. The van der Waals surface area contributed by atoms with Crippen LogP contribution in [0.1, 0.15) is 5.56 Å². The van der Waals surface area contributed by atoms with E-state index in [1.54, 1.807) is 42.5 Å². The van der Waals surface area contributed by atoms with E-state index in [2.05, 4.69) is 15.5 Å². The highest BCUT2D eigenvalue weighted by atomic mass is 32.2. The Morgan fingerprint density at radius 3 is 2.40 bits per heavy atom. The number of hydrogen-bond donors (Lipinski definition) is 2. The molecule has 0 radical (unpaired) electrons. The summed E-state index contributed by atoms with van der Waals surface area (Å²) in [5.41, 5.74) is 2.74. The SMILES string of the molecule is O=C(Nc1ccc(-c2ccc(=O)[nH]n2)cc1)SCc1ccc(F)cc1. The third-order valence-corrected chi connectivity index (χ3v) is 4.23. The number of nitrogens with zero attached hydrogens (tertiary/aromatic N) is 1. The molecule has 1 amide bonds. The Hall–Kier alpha value is -2.93. The average molecular weight is 355 g/mol. The highest BCUT2D eigenvalue weighted by Crippen LogP contribution is 2.20. The number of nitrogens with one attached hydrogen (secondary N) is 2. The van der Waals surface area contributed by atoms with Crippen LogP contribution in [0.2, 0.25) is 0 Å². The zero-order valence-corrected chi connectivity index (χ0v) is 13.8. The molecule has 2 aromatic carbocycles. The van der Waals surface area contributed by atoms with Gasteiger partial charge in [0.1, 0.15) is 5.82 Å². The Labute approximate surface area is 147 Å². The summed E-state index contributed by atoms with van der Waals surface area (Å²) in [6.07, 6.45) is 0. The van der Waals surface area contributed by atoms with Gasteiger partial charge in [0.25, 0.3) is 10.8 Å². The number of hydrogen-bond acceptors (Lipinski definition) is 4. The minimum absolute atomic E-state index is 0.195. The topological polar surface area (TPSA) is 74.8 Å². The van der Waals surface area contributed by atoms with Crippen molar-refractivity contribution < 1.29 is 9.18 Å². The first kappa shape index (κ1) is 16.9. The van der Waals surface area contributed by atoms with E-state index in [-0.39, 0.29) is 16.6 Å². The van der Waals surface area contributed by atoms with Crippen molar-refractivity contribution >= 4 is 22.7 Å². The van der Waals surface area contributed by atoms with Crippen LogP contribution in [0.5, 0.6) is 0 Å². The van der Waals surface area contributed by atoms with Crippen LogP contribution < -0.4 is 10.9 Å². The van der Waals surface area contributed by atoms with Crippen LogP contribution in [0.25, 0.3) is 11.3 Å². The number of benzene rings is 2. The molecule has 3 aromatic rings. The number of thioether (sulfide) groups is 1. The largest absolute Gasteiger partial charge is 0.317 e. The fourth-order valence-corrected chi connectivity index (χ4v) is 2.79. The summed E-state index contributed by atoms with van der Waals surface area (Å²) in [6, 6.07) is 16.2. The number of carbonyl (C=O) groups excluding carboxylic acids is 1. The summed E-state index contributed by atoms with van der Waals surface area (Å²) < 4.78 is 12.8. The average Bonchev–Trinajstić information content (AvgIpc) is 2.63. The van der Waals surface area contributed by atoms with Gasteiger partial charge in [0.05, 0.1) is 5.69 Å². The van der Waals surface area contributed by atoms with Crippen molar-refractivity contribution in [2.24, 2.45) is 0 Å². The minimum Gasteiger partial charge on any atom is -0.317 e. The van der Waals surface area contributed by atoms with Gasteiger partial charge in [0, 0.05) is 23.1 Å². The predicted molar refractivity (Wildman–Crippen MR) is 97.0 cm³/mol. The molecule has 0 saturated carbocycles. The number of H-pyrrole nitrogens is 1. The number of aromatic nitrogens is 2. The van der Waals surface area contributed by atoms with Crippen LogP contribution >= 0.6 is 11.8 Å². The zero-order valence-electron chi connectivity index (χ0n) is 13.0. The molecule has 0 atom stereocenters. The van der Waals surface area contributed by atoms with Gasteiger partial charge in [0.2, 0.25) is 0 Å². The first-order valence-electron chi connectivity index (χ1n) is 7.44. The first-order chi connectivity index (χ1) is 12.1. The van der Waals surface area contributed by atoms with Crippen LogP contribution in [0.3, 0.4) is 0 Å². The predicted octanol–water partition coefficient (Wildman–Crippen LogP) is 4.04. The van der Waals surface area contributed by atoms with Crippen molar-refractivity contribution in [1.82, 2.24) is 10.2 Å². The lowest BCUT2D eigenvalue weighted by molar-refractivity contribution is 0.269. The van der Waals surface area contributed by atoms with E-state index >= 15 is 0 Å². The maximum atomic E-state index is 12.8. The second kappa shape index (κ2) is 7.76. The molecule has 0 saturated heterocycles. The van der Waals surface area contributed by atoms with Crippen molar-refractivity contribution in [3.05, 3.63) is 82.4 Å². The van der Waals surface area contributed by atoms with E-state index in [1.807, 2.05) is 0 Å². The van der Waals surface area contributed by atoms with Gasteiger partial charge in [0.15, 0.2) is 0 Å². The summed E-state index contributed by atoms with van der Waals surface area (Å²) >= 11 is 1.11. The van der Waals surface area contributed by atoms with Gasteiger partial charge in [-0.05, 0) is 35.9 Å². The maximum Gasteiger partial charge on any atom is 0.283 e. The number of halogens is 1. The molecule has 0 spiro atoms. The third kappa shape index (κ3) is 4.77. The van der Waals surface area contributed by atoms with Crippen molar-refractivity contribution in [2.75, 3.05) is 5.32 Å². The summed E-state index contributed by atoms with van der Waals surface area (Å²) in [6.45, 7) is 0. The molecule has 0 unspecified atom stereocenters. The Kier molecular flexibility index (Phi) is 5.25. The molecule has 1 aromatic heterocycles. The van der Waals surface area contributed by atoms with E-state index in [9.17, 15) is 14.0 Å². The van der Waals surface area contributed by atoms with Crippen LogP contribution in [0, 0.1) is 5.82 Å². The van der Waals surface area contributed by atoms with Gasteiger partial charge in [-0.3, -0.25) is 9.59 Å². The molecular weight excluding hydrogens is 341 g/mol. The highest BCUT2D eigenvalue weighted by molar-refractivity contribution is 8.13. The second-order valence-corrected chi connectivity index (χ2v) is 6.16. The van der Waals surface area contributed by atoms with Gasteiger partial charge in [-0.25, -0.2) is 9.49 Å². The molecule has 0 bridgehead atoms. The van der Waals surface area contributed by atoms with E-state index in [0.717, 1.165) is 22.9 Å². The van der Waals surface area contributed by atoms with Crippen LogP contribution in [-0.4, -0.2) is 15.4 Å². The standard InChI is InChI=1S/C18H14FN3O2S/c19-14-5-1-12(2-6-14)11-25-18(24)20-15-7-3-13(4-8-15)16-9-10-17(23)22-21-16/h1-10H,11H2,(H,20,24)(H,22,23). The fraction of sp³-hybridized carbons (Fsp3) is 0.0556. The number of carbonyl (C=O) groups is 1. The molecule has 0 fully saturated rings. The molecule has 1 heterocycles. The highest BCUT2D eigenvalue weighted by Gasteiger charge is 2.05. The van der Waals surface area contributed by atoms with Crippen LogP contribution in [-0.2, 0) is 5.75 Å². The fourth-order valence-electron chi connectivity index (χ4n) is 2.11. The monoisotopic (exact) mass is 355 g/mol. The molecule has 2 N–H and O–H groups in total. The Morgan fingerprint density at radius 2 is 1.76 bits per heavy atom. The molecule has 0 aliphatic rings. The van der Waals surface area contributed by atoms with E-state index in [1.165, 1.54) is 18.2 Å². The Balaban J connectivity index is 1.57. The summed E-state index contributed by atoms with van der Waals surface area (Å²) in [7, 11) is 0. The van der Waals surface area contributed by atoms with E-state index < -0.39 is 0 Å². The Morgan fingerprint density at radius 1 is 1.04 bits per heavy atom. The van der Waals surface area contributed by atoms with Crippen molar-refractivity contribution in [2.45, 2.75) is 5.75 Å². The first-order valence-corrected chi connectivity index (χ1v) is 8.43. The smallest absolute Gasteiger partial charge is 0.283 e. The van der Waals surface area contributed by atoms with Gasteiger partial charge < -0.3 is 5.32 Å². The summed E-state index contributed by atoms with van der Waals surface area (Å²) in [5, 5.41) is 8.92. The second-order valence-electron chi connectivity index (χ2n) is 5.21. The lowest BCUT2D eigenvalue weighted by Gasteiger charge is -2.06. The molecule has 0 aliphatic heterocycles. The van der Waals surface area contributed by atoms with Crippen molar-refractivity contribution in [3.8, 4) is 11.3 Å². The molecule has 7 heteroatoms. The number of rotatable bonds is 4. The molecule has 5 nitrogen and oxygen atoms in total. The quantitative estimate of drug-likeness (QED) is 0.741. The molecule has 126 valence electrons. The minimum atomic E-state index is -0.296. The normalized spacial score (nSPS) is 10.4. The summed E-state index contributed by atoms with van der Waals surface area (Å²) in [4.78, 5) is 23.0. The number of amides is 1. The van der Waals surface area contributed by atoms with Crippen molar-refractivity contribution in [3.63, 3.8) is 0 Å². The van der Waals surface area contributed by atoms with Crippen molar-refractivity contribution in [1.29, 1.82) is 0 Å².